The summed E-state index contributed by atoms with van der Waals surface area (Å²) in [5.74, 6) is 0.0472. The number of carbonyl (C=O) groups is 1. The van der Waals surface area contributed by atoms with Crippen LogP contribution in [0.2, 0.25) is 0 Å². The zero-order valence-electron chi connectivity index (χ0n) is 12.2. The summed E-state index contributed by atoms with van der Waals surface area (Å²) in [6.45, 7) is 0. The molecule has 0 saturated heterocycles. The SMILES string of the molecule is O=C1CC(c2ccc(C(F)(F)F)cc2)=Nc2nc3ccccc3n21. The fraction of sp³-hybridized carbons (Fsp3) is 0.118. The Bertz CT molecular complexity index is 984. The van der Waals surface area contributed by atoms with E-state index in [2.05, 4.69) is 9.98 Å². The number of alkyl halides is 3. The van der Waals surface area contributed by atoms with Crippen molar-refractivity contribution in [3.63, 3.8) is 0 Å². The van der Waals surface area contributed by atoms with Crippen molar-refractivity contribution in [3.8, 4) is 0 Å². The standard InChI is InChI=1S/C17H10F3N3O/c18-17(19,20)11-7-5-10(6-8-11)13-9-15(24)23-14-4-2-1-3-12(14)21-16(23)22-13/h1-8H,9H2. The lowest BCUT2D eigenvalue weighted by Crippen LogP contribution is -2.20. The quantitative estimate of drug-likeness (QED) is 0.671. The largest absolute Gasteiger partial charge is 0.416 e. The predicted molar refractivity (Wildman–Crippen MR) is 82.6 cm³/mol. The predicted octanol–water partition coefficient (Wildman–Crippen LogP) is 4.22. The van der Waals surface area contributed by atoms with Crippen molar-refractivity contribution in [2.24, 2.45) is 4.99 Å². The number of fused-ring (bicyclic) bond motifs is 3. The third kappa shape index (κ3) is 2.29. The van der Waals surface area contributed by atoms with Gasteiger partial charge in [-0.3, -0.25) is 4.79 Å². The fourth-order valence-corrected chi connectivity index (χ4v) is 2.73. The summed E-state index contributed by atoms with van der Waals surface area (Å²) < 4.78 is 39.4. The Morgan fingerprint density at radius 1 is 1.00 bits per heavy atom. The van der Waals surface area contributed by atoms with Gasteiger partial charge in [0.2, 0.25) is 11.9 Å². The van der Waals surface area contributed by atoms with Gasteiger partial charge in [0.15, 0.2) is 0 Å². The first-order valence-corrected chi connectivity index (χ1v) is 7.19. The number of para-hydroxylation sites is 2. The number of imidazole rings is 1. The van der Waals surface area contributed by atoms with E-state index >= 15 is 0 Å². The van der Waals surface area contributed by atoms with E-state index in [1.54, 1.807) is 18.2 Å². The van der Waals surface area contributed by atoms with Crippen LogP contribution >= 0.6 is 0 Å². The lowest BCUT2D eigenvalue weighted by Gasteiger charge is -2.14. The molecule has 0 atom stereocenters. The van der Waals surface area contributed by atoms with Crippen molar-refractivity contribution >= 4 is 28.6 Å². The number of hydrogen-bond donors (Lipinski definition) is 0. The Hall–Kier alpha value is -2.96. The summed E-state index contributed by atoms with van der Waals surface area (Å²) in [6, 6.07) is 11.8. The number of aromatic nitrogens is 2. The number of aliphatic imine (C=N–C) groups is 1. The Labute approximate surface area is 134 Å². The van der Waals surface area contributed by atoms with Crippen LogP contribution in [0, 0.1) is 0 Å². The molecule has 0 N–H and O–H groups in total. The molecule has 0 fully saturated rings. The second-order valence-corrected chi connectivity index (χ2v) is 5.44. The number of hydrogen-bond acceptors (Lipinski definition) is 3. The summed E-state index contributed by atoms with van der Waals surface area (Å²) in [5.41, 5.74) is 1.48. The van der Waals surface area contributed by atoms with Gasteiger partial charge in [0, 0.05) is 0 Å². The maximum Gasteiger partial charge on any atom is 0.416 e. The first-order valence-electron chi connectivity index (χ1n) is 7.19. The van der Waals surface area contributed by atoms with E-state index in [-0.39, 0.29) is 18.3 Å². The van der Waals surface area contributed by atoms with Gasteiger partial charge in [0.25, 0.3) is 0 Å². The second-order valence-electron chi connectivity index (χ2n) is 5.44. The van der Waals surface area contributed by atoms with Gasteiger partial charge in [-0.25, -0.2) is 14.5 Å². The molecule has 0 bridgehead atoms. The summed E-state index contributed by atoms with van der Waals surface area (Å²) in [7, 11) is 0. The lowest BCUT2D eigenvalue weighted by atomic mass is 10.0. The molecule has 7 heteroatoms. The number of carbonyl (C=O) groups excluding carboxylic acids is 1. The minimum absolute atomic E-state index is 0.0126. The molecule has 1 aliphatic heterocycles. The molecule has 0 saturated carbocycles. The van der Waals surface area contributed by atoms with Crippen LogP contribution in [0.3, 0.4) is 0 Å². The molecule has 0 amide bonds. The zero-order chi connectivity index (χ0) is 16.9. The average Bonchev–Trinajstić information content (AvgIpc) is 2.93. The van der Waals surface area contributed by atoms with Gasteiger partial charge in [-0.2, -0.15) is 13.2 Å². The van der Waals surface area contributed by atoms with Crippen molar-refractivity contribution in [1.82, 2.24) is 9.55 Å². The maximum absolute atomic E-state index is 12.6. The summed E-state index contributed by atoms with van der Waals surface area (Å²) in [5, 5.41) is 0. The smallest absolute Gasteiger partial charge is 0.274 e. The van der Waals surface area contributed by atoms with Gasteiger partial charge in [0.05, 0.1) is 28.7 Å². The molecule has 2 heterocycles. The van der Waals surface area contributed by atoms with Crippen LogP contribution in [0.25, 0.3) is 11.0 Å². The first-order chi connectivity index (χ1) is 11.4. The van der Waals surface area contributed by atoms with E-state index in [0.717, 1.165) is 12.1 Å². The van der Waals surface area contributed by atoms with E-state index < -0.39 is 11.7 Å². The van der Waals surface area contributed by atoms with E-state index in [1.165, 1.54) is 16.7 Å². The Kier molecular flexibility index (Phi) is 3.06. The third-order valence-electron chi connectivity index (χ3n) is 3.89. The Morgan fingerprint density at radius 3 is 2.42 bits per heavy atom. The van der Waals surface area contributed by atoms with E-state index in [0.29, 0.717) is 22.3 Å². The van der Waals surface area contributed by atoms with Crippen LogP contribution in [-0.2, 0) is 6.18 Å². The minimum Gasteiger partial charge on any atom is -0.274 e. The molecule has 0 unspecified atom stereocenters. The van der Waals surface area contributed by atoms with Crippen LogP contribution in [0.15, 0.2) is 53.5 Å². The van der Waals surface area contributed by atoms with Crippen LogP contribution < -0.4 is 0 Å². The molecule has 24 heavy (non-hydrogen) atoms. The average molecular weight is 329 g/mol. The van der Waals surface area contributed by atoms with Crippen LogP contribution in [0.1, 0.15) is 22.3 Å². The molecule has 4 rings (SSSR count). The van der Waals surface area contributed by atoms with E-state index in [9.17, 15) is 18.0 Å². The van der Waals surface area contributed by atoms with Crippen molar-refractivity contribution < 1.29 is 18.0 Å². The molecule has 0 radical (unpaired) electrons. The highest BCUT2D eigenvalue weighted by Gasteiger charge is 2.30. The number of halogens is 3. The van der Waals surface area contributed by atoms with Gasteiger partial charge in [-0.1, -0.05) is 24.3 Å². The summed E-state index contributed by atoms with van der Waals surface area (Å²) in [4.78, 5) is 21.1. The molecular weight excluding hydrogens is 319 g/mol. The molecule has 120 valence electrons. The van der Waals surface area contributed by atoms with Crippen molar-refractivity contribution in [3.05, 3.63) is 59.7 Å². The molecular formula is C17H10F3N3O. The molecule has 0 spiro atoms. The number of benzene rings is 2. The van der Waals surface area contributed by atoms with Crippen LogP contribution in [0.5, 0.6) is 0 Å². The molecule has 1 aromatic heterocycles. The normalized spacial score (nSPS) is 14.6. The van der Waals surface area contributed by atoms with Crippen LogP contribution in [-0.4, -0.2) is 21.2 Å². The lowest BCUT2D eigenvalue weighted by molar-refractivity contribution is -0.137. The monoisotopic (exact) mass is 329 g/mol. The van der Waals surface area contributed by atoms with Gasteiger partial charge >= 0.3 is 6.18 Å². The summed E-state index contributed by atoms with van der Waals surface area (Å²) in [6.07, 6.45) is -4.38. The van der Waals surface area contributed by atoms with Crippen molar-refractivity contribution in [1.29, 1.82) is 0 Å². The molecule has 3 aromatic rings. The van der Waals surface area contributed by atoms with E-state index in [1.807, 2.05) is 6.07 Å². The van der Waals surface area contributed by atoms with Gasteiger partial charge in [0.1, 0.15) is 0 Å². The Balaban J connectivity index is 1.79. The highest BCUT2D eigenvalue weighted by atomic mass is 19.4. The topological polar surface area (TPSA) is 47.2 Å². The van der Waals surface area contributed by atoms with Crippen LogP contribution in [0.4, 0.5) is 19.1 Å². The maximum atomic E-state index is 12.6. The second kappa shape index (κ2) is 5.02. The molecule has 2 aromatic carbocycles. The highest BCUT2D eigenvalue weighted by Crippen LogP contribution is 2.31. The first kappa shape index (κ1) is 14.6. The summed E-state index contributed by atoms with van der Waals surface area (Å²) >= 11 is 0. The fourth-order valence-electron chi connectivity index (χ4n) is 2.73. The van der Waals surface area contributed by atoms with Gasteiger partial charge in [-0.05, 0) is 29.8 Å². The highest BCUT2D eigenvalue weighted by molar-refractivity contribution is 6.15. The minimum atomic E-state index is -4.39. The van der Waals surface area contributed by atoms with E-state index in [4.69, 9.17) is 0 Å². The Morgan fingerprint density at radius 2 is 1.71 bits per heavy atom. The number of rotatable bonds is 1. The van der Waals surface area contributed by atoms with Crippen molar-refractivity contribution in [2.45, 2.75) is 12.6 Å². The zero-order valence-corrected chi connectivity index (χ0v) is 12.2. The van der Waals surface area contributed by atoms with Crippen molar-refractivity contribution in [2.75, 3.05) is 0 Å². The molecule has 4 nitrogen and oxygen atoms in total. The van der Waals surface area contributed by atoms with Gasteiger partial charge < -0.3 is 0 Å². The molecule has 1 aliphatic rings. The molecule has 0 aliphatic carbocycles. The van der Waals surface area contributed by atoms with Gasteiger partial charge in [-0.15, -0.1) is 0 Å². The third-order valence-corrected chi connectivity index (χ3v) is 3.89. The number of nitrogens with zero attached hydrogens (tertiary/aromatic N) is 3.